The molecule has 3 nitrogen and oxygen atoms in total. The van der Waals surface area contributed by atoms with E-state index in [1.54, 1.807) is 31.4 Å². The lowest BCUT2D eigenvalue weighted by Crippen LogP contribution is -2.20. The van der Waals surface area contributed by atoms with E-state index >= 15 is 0 Å². The van der Waals surface area contributed by atoms with Crippen LogP contribution in [0, 0.1) is 0 Å². The molecule has 0 fully saturated rings. The second-order valence-corrected chi connectivity index (χ2v) is 5.41. The van der Waals surface area contributed by atoms with Crippen LogP contribution >= 0.6 is 23.2 Å². The Balaban J connectivity index is 1.93. The van der Waals surface area contributed by atoms with E-state index in [2.05, 4.69) is 5.32 Å². The van der Waals surface area contributed by atoms with Crippen molar-refractivity contribution in [1.29, 1.82) is 0 Å². The first-order chi connectivity index (χ1) is 10.6. The highest BCUT2D eigenvalue weighted by Gasteiger charge is 2.01. The van der Waals surface area contributed by atoms with E-state index in [9.17, 15) is 4.79 Å². The number of ether oxygens (including phenoxy) is 1. The second-order valence-electron chi connectivity index (χ2n) is 4.57. The summed E-state index contributed by atoms with van der Waals surface area (Å²) in [4.78, 5) is 11.8. The van der Waals surface area contributed by atoms with Gasteiger partial charge in [0.05, 0.1) is 7.11 Å². The molecule has 0 aromatic heterocycles. The van der Waals surface area contributed by atoms with Crippen molar-refractivity contribution in [2.45, 2.75) is 6.54 Å². The van der Waals surface area contributed by atoms with Crippen LogP contribution in [-0.4, -0.2) is 13.0 Å². The lowest BCUT2D eigenvalue weighted by Gasteiger charge is -2.05. The Labute approximate surface area is 139 Å². The molecular weight excluding hydrogens is 321 g/mol. The zero-order chi connectivity index (χ0) is 15.9. The maximum atomic E-state index is 11.8. The third-order valence-electron chi connectivity index (χ3n) is 2.98. The molecule has 0 radical (unpaired) electrons. The van der Waals surface area contributed by atoms with Crippen LogP contribution in [0.3, 0.4) is 0 Å². The maximum Gasteiger partial charge on any atom is 0.244 e. The molecule has 0 atom stereocenters. The highest BCUT2D eigenvalue weighted by molar-refractivity contribution is 6.35. The molecule has 0 saturated heterocycles. The van der Waals surface area contributed by atoms with Crippen LogP contribution in [0.2, 0.25) is 10.0 Å². The van der Waals surface area contributed by atoms with Gasteiger partial charge in [-0.15, -0.1) is 0 Å². The number of rotatable bonds is 5. The summed E-state index contributed by atoms with van der Waals surface area (Å²) in [6, 6.07) is 12.6. The largest absolute Gasteiger partial charge is 0.497 e. The van der Waals surface area contributed by atoms with Gasteiger partial charge in [-0.2, -0.15) is 0 Å². The second kappa shape index (κ2) is 7.87. The molecule has 0 aliphatic heterocycles. The van der Waals surface area contributed by atoms with E-state index in [1.807, 2.05) is 24.3 Å². The van der Waals surface area contributed by atoms with Gasteiger partial charge in [0.1, 0.15) is 5.75 Å². The molecule has 0 unspecified atom stereocenters. The Bertz CT molecular complexity index is 699. The number of amides is 1. The molecule has 0 aliphatic rings. The minimum Gasteiger partial charge on any atom is -0.497 e. The molecule has 114 valence electrons. The molecule has 1 N–H and O–H groups in total. The molecule has 2 aromatic carbocycles. The van der Waals surface area contributed by atoms with Gasteiger partial charge in [0.25, 0.3) is 0 Å². The molecule has 0 aliphatic carbocycles. The van der Waals surface area contributed by atoms with Gasteiger partial charge in [-0.1, -0.05) is 41.4 Å². The summed E-state index contributed by atoms with van der Waals surface area (Å²) in [6.45, 7) is 0.425. The van der Waals surface area contributed by atoms with E-state index in [0.29, 0.717) is 16.6 Å². The van der Waals surface area contributed by atoms with Crippen LogP contribution in [-0.2, 0) is 11.3 Å². The lowest BCUT2D eigenvalue weighted by molar-refractivity contribution is -0.116. The van der Waals surface area contributed by atoms with Crippen LogP contribution in [0.15, 0.2) is 48.5 Å². The molecule has 1 amide bonds. The highest BCUT2D eigenvalue weighted by Crippen LogP contribution is 2.21. The Morgan fingerprint density at radius 3 is 2.77 bits per heavy atom. The number of hydrogen-bond donors (Lipinski definition) is 1. The fourth-order valence-corrected chi connectivity index (χ4v) is 2.30. The number of benzene rings is 2. The molecular formula is C17H15Cl2NO2. The predicted molar refractivity (Wildman–Crippen MR) is 90.3 cm³/mol. The first kappa shape index (κ1) is 16.4. The summed E-state index contributed by atoms with van der Waals surface area (Å²) < 4.78 is 5.14. The van der Waals surface area contributed by atoms with Crippen LogP contribution < -0.4 is 10.1 Å². The van der Waals surface area contributed by atoms with Gasteiger partial charge in [0.15, 0.2) is 0 Å². The van der Waals surface area contributed by atoms with Gasteiger partial charge in [0, 0.05) is 22.7 Å². The van der Waals surface area contributed by atoms with Crippen LogP contribution in [0.5, 0.6) is 5.75 Å². The van der Waals surface area contributed by atoms with Crippen molar-refractivity contribution < 1.29 is 9.53 Å². The van der Waals surface area contributed by atoms with Gasteiger partial charge in [-0.3, -0.25) is 4.79 Å². The highest BCUT2D eigenvalue weighted by atomic mass is 35.5. The van der Waals surface area contributed by atoms with Crippen LogP contribution in [0.4, 0.5) is 0 Å². The lowest BCUT2D eigenvalue weighted by atomic mass is 10.2. The van der Waals surface area contributed by atoms with Gasteiger partial charge in [-0.25, -0.2) is 0 Å². The predicted octanol–water partition coefficient (Wildman–Crippen LogP) is 4.33. The Morgan fingerprint density at radius 2 is 2.05 bits per heavy atom. The van der Waals surface area contributed by atoms with Crippen molar-refractivity contribution in [3.05, 3.63) is 69.7 Å². The standard InChI is InChI=1S/C17H15Cl2NO2/c1-22-15-4-2-3-12(9-15)11-20-17(21)8-6-13-5-7-14(18)10-16(13)19/h2-10H,11H2,1H3,(H,20,21)/b8-6+. The van der Waals surface area contributed by atoms with Crippen molar-refractivity contribution in [2.24, 2.45) is 0 Å². The van der Waals surface area contributed by atoms with E-state index in [0.717, 1.165) is 16.9 Å². The van der Waals surface area contributed by atoms with E-state index in [4.69, 9.17) is 27.9 Å². The number of carbonyl (C=O) groups is 1. The first-order valence-corrected chi connectivity index (χ1v) is 7.38. The molecule has 2 aromatic rings. The molecule has 0 heterocycles. The summed E-state index contributed by atoms with van der Waals surface area (Å²) in [5, 5.41) is 3.86. The Hall–Kier alpha value is -1.97. The SMILES string of the molecule is COc1cccc(CNC(=O)/C=C/c2ccc(Cl)cc2Cl)c1. The molecule has 5 heteroatoms. The molecule has 0 bridgehead atoms. The van der Waals surface area contributed by atoms with Crippen molar-refractivity contribution in [1.82, 2.24) is 5.32 Å². The van der Waals surface area contributed by atoms with Gasteiger partial charge in [-0.05, 0) is 41.5 Å². The van der Waals surface area contributed by atoms with Crippen molar-refractivity contribution in [3.63, 3.8) is 0 Å². The third-order valence-corrected chi connectivity index (χ3v) is 3.54. The Morgan fingerprint density at radius 1 is 1.23 bits per heavy atom. The quantitative estimate of drug-likeness (QED) is 0.826. The first-order valence-electron chi connectivity index (χ1n) is 6.62. The zero-order valence-electron chi connectivity index (χ0n) is 12.0. The summed E-state index contributed by atoms with van der Waals surface area (Å²) in [6.07, 6.45) is 3.09. The number of methoxy groups -OCH3 is 1. The smallest absolute Gasteiger partial charge is 0.244 e. The summed E-state index contributed by atoms with van der Waals surface area (Å²) >= 11 is 11.9. The zero-order valence-corrected chi connectivity index (χ0v) is 13.5. The summed E-state index contributed by atoms with van der Waals surface area (Å²) in [5.41, 5.74) is 1.70. The maximum absolute atomic E-state index is 11.8. The summed E-state index contributed by atoms with van der Waals surface area (Å²) in [5.74, 6) is 0.559. The summed E-state index contributed by atoms with van der Waals surface area (Å²) in [7, 11) is 1.61. The van der Waals surface area contributed by atoms with Gasteiger partial charge < -0.3 is 10.1 Å². The van der Waals surface area contributed by atoms with Crippen molar-refractivity contribution >= 4 is 35.2 Å². The van der Waals surface area contributed by atoms with Crippen LogP contribution in [0.25, 0.3) is 6.08 Å². The van der Waals surface area contributed by atoms with E-state index in [-0.39, 0.29) is 5.91 Å². The fourth-order valence-electron chi connectivity index (χ4n) is 1.83. The average Bonchev–Trinajstić information content (AvgIpc) is 2.52. The monoisotopic (exact) mass is 335 g/mol. The third kappa shape index (κ3) is 4.79. The van der Waals surface area contributed by atoms with Gasteiger partial charge >= 0.3 is 0 Å². The van der Waals surface area contributed by atoms with E-state index in [1.165, 1.54) is 6.08 Å². The minimum atomic E-state index is -0.200. The molecule has 0 saturated carbocycles. The number of halogens is 2. The average molecular weight is 336 g/mol. The molecule has 0 spiro atoms. The number of carbonyl (C=O) groups excluding carboxylic acids is 1. The van der Waals surface area contributed by atoms with Crippen molar-refractivity contribution in [3.8, 4) is 5.75 Å². The number of hydrogen-bond acceptors (Lipinski definition) is 2. The van der Waals surface area contributed by atoms with Crippen molar-refractivity contribution in [2.75, 3.05) is 7.11 Å². The van der Waals surface area contributed by atoms with E-state index < -0.39 is 0 Å². The van der Waals surface area contributed by atoms with Gasteiger partial charge in [0.2, 0.25) is 5.91 Å². The minimum absolute atomic E-state index is 0.200. The normalized spacial score (nSPS) is 10.7. The number of nitrogens with one attached hydrogen (secondary N) is 1. The molecule has 22 heavy (non-hydrogen) atoms. The molecule has 2 rings (SSSR count). The Kier molecular flexibility index (Phi) is 5.87. The fraction of sp³-hybridized carbons (Fsp3) is 0.118. The topological polar surface area (TPSA) is 38.3 Å². The van der Waals surface area contributed by atoms with Crippen LogP contribution in [0.1, 0.15) is 11.1 Å².